The lowest BCUT2D eigenvalue weighted by atomic mass is 10.2. The largest absolute Gasteiger partial charge is 0.340 e. The Bertz CT molecular complexity index is 979. The average Bonchev–Trinajstić information content (AvgIpc) is 3.04. The van der Waals surface area contributed by atoms with Crippen LogP contribution in [0, 0.1) is 0 Å². The van der Waals surface area contributed by atoms with E-state index in [4.69, 9.17) is 23.2 Å². The van der Waals surface area contributed by atoms with Gasteiger partial charge in [0.25, 0.3) is 0 Å². The lowest BCUT2D eigenvalue weighted by Crippen LogP contribution is -2.48. The topological polar surface area (TPSA) is 41.4 Å². The van der Waals surface area contributed by atoms with Crippen molar-refractivity contribution in [3.63, 3.8) is 0 Å². The van der Waals surface area contributed by atoms with Crippen molar-refractivity contribution in [1.29, 1.82) is 0 Å². The van der Waals surface area contributed by atoms with Crippen molar-refractivity contribution in [3.05, 3.63) is 64.3 Å². The number of halogens is 2. The van der Waals surface area contributed by atoms with Gasteiger partial charge in [-0.15, -0.1) is 0 Å². The lowest BCUT2D eigenvalue weighted by Gasteiger charge is -2.35. The molecule has 0 N–H and O–H groups in total. The van der Waals surface area contributed by atoms with Gasteiger partial charge in [-0.1, -0.05) is 53.5 Å². The number of aromatic nitrogens is 2. The number of carbonyl (C=O) groups is 1. The summed E-state index contributed by atoms with van der Waals surface area (Å²) in [5, 5.41) is 6.57. The predicted molar refractivity (Wildman–Crippen MR) is 113 cm³/mol. The third kappa shape index (κ3) is 4.17. The van der Waals surface area contributed by atoms with E-state index in [9.17, 15) is 4.79 Å². The van der Waals surface area contributed by atoms with Gasteiger partial charge in [-0.2, -0.15) is 5.10 Å². The van der Waals surface area contributed by atoms with E-state index in [2.05, 4.69) is 16.1 Å². The summed E-state index contributed by atoms with van der Waals surface area (Å²) in [6, 6.07) is 15.7. The summed E-state index contributed by atoms with van der Waals surface area (Å²) in [4.78, 5) is 16.9. The van der Waals surface area contributed by atoms with Gasteiger partial charge in [0.15, 0.2) is 5.15 Å². The van der Waals surface area contributed by atoms with Crippen LogP contribution in [0.15, 0.2) is 48.5 Å². The molecule has 28 heavy (non-hydrogen) atoms. The highest BCUT2D eigenvalue weighted by atomic mass is 35.5. The molecule has 2 aromatic carbocycles. The number of fused-ring (bicyclic) bond motifs is 1. The minimum absolute atomic E-state index is 0.160. The van der Waals surface area contributed by atoms with Crippen LogP contribution >= 0.6 is 23.2 Å². The summed E-state index contributed by atoms with van der Waals surface area (Å²) < 4.78 is 1.82. The molecule has 0 unspecified atom stereocenters. The third-order valence-electron chi connectivity index (χ3n) is 5.23. The summed E-state index contributed by atoms with van der Waals surface area (Å²) >= 11 is 12.4. The number of hydrogen-bond acceptors (Lipinski definition) is 3. The molecule has 2 heterocycles. The van der Waals surface area contributed by atoms with Gasteiger partial charge in [-0.3, -0.25) is 14.4 Å². The maximum Gasteiger partial charge on any atom is 0.224 e. The Hall–Kier alpha value is -2.08. The number of carbonyl (C=O) groups excluding carboxylic acids is 1. The molecule has 1 saturated heterocycles. The van der Waals surface area contributed by atoms with Crippen molar-refractivity contribution in [1.82, 2.24) is 19.6 Å². The van der Waals surface area contributed by atoms with E-state index >= 15 is 0 Å². The second-order valence-corrected chi connectivity index (χ2v) is 7.79. The van der Waals surface area contributed by atoms with Crippen molar-refractivity contribution in [2.24, 2.45) is 0 Å². The maximum absolute atomic E-state index is 12.6. The molecule has 1 amide bonds. The van der Waals surface area contributed by atoms with Crippen LogP contribution in [0.1, 0.15) is 12.0 Å². The van der Waals surface area contributed by atoms with Crippen molar-refractivity contribution >= 4 is 40.0 Å². The average molecular weight is 417 g/mol. The lowest BCUT2D eigenvalue weighted by molar-refractivity contribution is -0.133. The predicted octanol–water partition coefficient (Wildman–Crippen LogP) is 4.08. The summed E-state index contributed by atoms with van der Waals surface area (Å²) in [6.07, 6.45) is 0.423. The number of rotatable bonds is 5. The Balaban J connectivity index is 1.30. The first-order valence-electron chi connectivity index (χ1n) is 9.46. The quantitative estimate of drug-likeness (QED) is 0.628. The third-order valence-corrected chi connectivity index (χ3v) is 5.88. The highest BCUT2D eigenvalue weighted by Gasteiger charge is 2.21. The van der Waals surface area contributed by atoms with E-state index in [1.165, 1.54) is 0 Å². The zero-order valence-electron chi connectivity index (χ0n) is 15.5. The van der Waals surface area contributed by atoms with Crippen LogP contribution in [0.4, 0.5) is 0 Å². The van der Waals surface area contributed by atoms with Crippen molar-refractivity contribution in [2.45, 2.75) is 19.5 Å². The molecule has 3 aromatic rings. The van der Waals surface area contributed by atoms with E-state index in [1.54, 1.807) is 0 Å². The van der Waals surface area contributed by atoms with Gasteiger partial charge in [-0.25, -0.2) is 0 Å². The molecule has 7 heteroatoms. The first-order chi connectivity index (χ1) is 13.6. The molecule has 1 aliphatic rings. The number of nitrogens with zero attached hydrogens (tertiary/aromatic N) is 4. The second-order valence-electron chi connectivity index (χ2n) is 7.03. The van der Waals surface area contributed by atoms with E-state index in [0.717, 1.165) is 54.2 Å². The fourth-order valence-corrected chi connectivity index (χ4v) is 4.09. The zero-order chi connectivity index (χ0) is 19.5. The second kappa shape index (κ2) is 8.52. The smallest absolute Gasteiger partial charge is 0.224 e. The summed E-state index contributed by atoms with van der Waals surface area (Å²) in [6.45, 7) is 4.54. The standard InChI is InChI=1S/C21H22Cl2N4O/c22-18-7-3-1-5-16(18)15-25-11-13-26(14-12-25)20(28)9-10-27-19-8-4-2-6-17(19)21(23)24-27/h1-8H,9-15H2. The first-order valence-corrected chi connectivity index (χ1v) is 10.2. The van der Waals surface area contributed by atoms with Crippen molar-refractivity contribution in [2.75, 3.05) is 26.2 Å². The molecule has 0 saturated carbocycles. The Labute approximate surface area is 174 Å². The number of amides is 1. The SMILES string of the molecule is O=C(CCn1nc(Cl)c2ccccc21)N1CCN(Cc2ccccc2Cl)CC1. The molecular weight excluding hydrogens is 395 g/mol. The molecule has 1 aliphatic heterocycles. The molecule has 0 bridgehead atoms. The first kappa shape index (κ1) is 19.2. The number of hydrogen-bond donors (Lipinski definition) is 0. The normalized spacial score (nSPS) is 15.3. The van der Waals surface area contributed by atoms with Crippen LogP contribution in [0.25, 0.3) is 10.9 Å². The molecule has 0 atom stereocenters. The Morgan fingerprint density at radius 1 is 0.964 bits per heavy atom. The minimum Gasteiger partial charge on any atom is -0.340 e. The van der Waals surface area contributed by atoms with Crippen LogP contribution in [-0.2, 0) is 17.9 Å². The van der Waals surface area contributed by atoms with Crippen LogP contribution in [0.5, 0.6) is 0 Å². The van der Waals surface area contributed by atoms with Gasteiger partial charge in [0.2, 0.25) is 5.91 Å². The minimum atomic E-state index is 0.160. The van der Waals surface area contributed by atoms with Crippen LogP contribution in [0.3, 0.4) is 0 Å². The van der Waals surface area contributed by atoms with Crippen LogP contribution in [0.2, 0.25) is 10.2 Å². The van der Waals surface area contributed by atoms with E-state index < -0.39 is 0 Å². The van der Waals surface area contributed by atoms with E-state index in [0.29, 0.717) is 18.1 Å². The van der Waals surface area contributed by atoms with E-state index in [1.807, 2.05) is 52.0 Å². The molecule has 0 aliphatic carbocycles. The number of para-hydroxylation sites is 1. The fraction of sp³-hybridized carbons (Fsp3) is 0.333. The Morgan fingerprint density at radius 3 is 2.46 bits per heavy atom. The number of benzene rings is 2. The fourth-order valence-electron chi connectivity index (χ4n) is 3.64. The van der Waals surface area contributed by atoms with Gasteiger partial charge < -0.3 is 4.90 Å². The molecule has 5 nitrogen and oxygen atoms in total. The summed E-state index contributed by atoms with van der Waals surface area (Å²) in [7, 11) is 0. The molecule has 4 rings (SSSR count). The monoisotopic (exact) mass is 416 g/mol. The maximum atomic E-state index is 12.6. The zero-order valence-corrected chi connectivity index (χ0v) is 17.0. The van der Waals surface area contributed by atoms with Crippen LogP contribution in [-0.4, -0.2) is 51.7 Å². The molecule has 0 radical (unpaired) electrons. The van der Waals surface area contributed by atoms with Crippen LogP contribution < -0.4 is 0 Å². The number of piperazine rings is 1. The van der Waals surface area contributed by atoms with Gasteiger partial charge in [0, 0.05) is 49.6 Å². The highest BCUT2D eigenvalue weighted by molar-refractivity contribution is 6.34. The van der Waals surface area contributed by atoms with Crippen molar-refractivity contribution in [3.8, 4) is 0 Å². The molecule has 1 fully saturated rings. The van der Waals surface area contributed by atoms with Gasteiger partial charge in [0.05, 0.1) is 12.1 Å². The number of aryl methyl sites for hydroxylation is 1. The molecule has 146 valence electrons. The van der Waals surface area contributed by atoms with Gasteiger partial charge >= 0.3 is 0 Å². The molecule has 0 spiro atoms. The van der Waals surface area contributed by atoms with Crippen molar-refractivity contribution < 1.29 is 4.79 Å². The van der Waals surface area contributed by atoms with E-state index in [-0.39, 0.29) is 5.91 Å². The van der Waals surface area contributed by atoms with Gasteiger partial charge in [0.1, 0.15) is 0 Å². The molecular formula is C21H22Cl2N4O. The summed E-state index contributed by atoms with van der Waals surface area (Å²) in [5.74, 6) is 0.160. The Morgan fingerprint density at radius 2 is 1.68 bits per heavy atom. The van der Waals surface area contributed by atoms with Gasteiger partial charge in [-0.05, 0) is 23.8 Å². The molecule has 1 aromatic heterocycles. The Kier molecular flexibility index (Phi) is 5.85. The summed E-state index contributed by atoms with van der Waals surface area (Å²) in [5.41, 5.74) is 2.09. The highest BCUT2D eigenvalue weighted by Crippen LogP contribution is 2.23.